The van der Waals surface area contributed by atoms with Crippen molar-refractivity contribution in [3.63, 3.8) is 0 Å². The Hall–Kier alpha value is -2.09. The average Bonchev–Trinajstić information content (AvgIpc) is 2.43. The highest BCUT2D eigenvalue weighted by Crippen LogP contribution is 2.12. The fraction of sp³-hybridized carbons (Fsp3) is 0.615. The van der Waals surface area contributed by atoms with Gasteiger partial charge in [0.25, 0.3) is 5.56 Å². The molecule has 0 saturated carbocycles. The third-order valence-corrected chi connectivity index (χ3v) is 2.93. The number of rotatable bonds is 6. The topological polar surface area (TPSA) is 108 Å². The van der Waals surface area contributed by atoms with Crippen molar-refractivity contribution < 1.29 is 9.53 Å². The Morgan fingerprint density at radius 2 is 2.00 bits per heavy atom. The van der Waals surface area contributed by atoms with Crippen molar-refractivity contribution >= 4 is 17.4 Å². The molecule has 0 unspecified atom stereocenters. The van der Waals surface area contributed by atoms with Gasteiger partial charge in [-0.3, -0.25) is 18.7 Å². The molecule has 8 nitrogen and oxygen atoms in total. The second-order valence-electron chi connectivity index (χ2n) is 5.20. The van der Waals surface area contributed by atoms with Gasteiger partial charge in [-0.15, -0.1) is 0 Å². The van der Waals surface area contributed by atoms with Crippen LogP contribution in [0, 0.1) is 5.92 Å². The maximum Gasteiger partial charge on any atom is 0.332 e. The zero-order chi connectivity index (χ0) is 16.2. The molecule has 0 aliphatic rings. The van der Waals surface area contributed by atoms with Crippen molar-refractivity contribution in [1.29, 1.82) is 0 Å². The van der Waals surface area contributed by atoms with Gasteiger partial charge in [0.2, 0.25) is 5.91 Å². The summed E-state index contributed by atoms with van der Waals surface area (Å²) in [6, 6.07) is 0. The number of anilines is 2. The smallest absolute Gasteiger partial charge is 0.332 e. The van der Waals surface area contributed by atoms with Gasteiger partial charge in [-0.05, 0) is 5.92 Å². The molecule has 1 heterocycles. The number of methoxy groups -OCH3 is 1. The van der Waals surface area contributed by atoms with Crippen molar-refractivity contribution in [2.75, 3.05) is 24.8 Å². The largest absolute Gasteiger partial charge is 0.384 e. The number of amides is 1. The van der Waals surface area contributed by atoms with Crippen LogP contribution in [0.5, 0.6) is 0 Å². The van der Waals surface area contributed by atoms with Crippen LogP contribution >= 0.6 is 0 Å². The van der Waals surface area contributed by atoms with E-state index in [1.54, 1.807) is 0 Å². The summed E-state index contributed by atoms with van der Waals surface area (Å²) in [5.41, 5.74) is 4.69. The number of hydrogen-bond donors (Lipinski definition) is 2. The first-order valence-corrected chi connectivity index (χ1v) is 6.67. The highest BCUT2D eigenvalue weighted by atomic mass is 16.5. The van der Waals surface area contributed by atoms with Crippen molar-refractivity contribution in [3.05, 3.63) is 20.8 Å². The third-order valence-electron chi connectivity index (χ3n) is 2.93. The molecule has 0 saturated heterocycles. The summed E-state index contributed by atoms with van der Waals surface area (Å²) in [6.07, 6.45) is 0.0996. The molecule has 0 radical (unpaired) electrons. The summed E-state index contributed by atoms with van der Waals surface area (Å²) in [5, 5.41) is 2.46. The van der Waals surface area contributed by atoms with Gasteiger partial charge in [0, 0.05) is 20.7 Å². The highest BCUT2D eigenvalue weighted by Gasteiger charge is 2.17. The number of nitrogen functional groups attached to an aromatic ring is 1. The first kappa shape index (κ1) is 17.0. The molecular weight excluding hydrogens is 276 g/mol. The maximum atomic E-state index is 12.1. The van der Waals surface area contributed by atoms with Crippen LogP contribution in [0.4, 0.5) is 11.5 Å². The molecule has 0 bridgehead atoms. The van der Waals surface area contributed by atoms with Gasteiger partial charge in [-0.2, -0.15) is 0 Å². The van der Waals surface area contributed by atoms with Crippen LogP contribution in [-0.2, 0) is 23.1 Å². The van der Waals surface area contributed by atoms with E-state index in [1.165, 1.54) is 18.7 Å². The number of carbonyl (C=O) groups is 1. The van der Waals surface area contributed by atoms with Crippen molar-refractivity contribution in [1.82, 2.24) is 9.13 Å². The summed E-state index contributed by atoms with van der Waals surface area (Å²) in [6.45, 7) is 4.44. The molecule has 8 heteroatoms. The summed E-state index contributed by atoms with van der Waals surface area (Å²) in [7, 11) is 2.83. The number of nitrogens with one attached hydrogen (secondary N) is 1. The van der Waals surface area contributed by atoms with Gasteiger partial charge < -0.3 is 15.8 Å². The normalized spacial score (nSPS) is 10.9. The predicted molar refractivity (Wildman–Crippen MR) is 80.3 cm³/mol. The van der Waals surface area contributed by atoms with E-state index in [4.69, 9.17) is 10.5 Å². The van der Waals surface area contributed by atoms with Crippen LogP contribution in [0.1, 0.15) is 20.3 Å². The van der Waals surface area contributed by atoms with E-state index in [9.17, 15) is 14.4 Å². The Bertz CT molecular complexity index is 630. The average molecular weight is 298 g/mol. The van der Waals surface area contributed by atoms with Gasteiger partial charge in [0.15, 0.2) is 0 Å². The fourth-order valence-corrected chi connectivity index (χ4v) is 1.84. The van der Waals surface area contributed by atoms with Crippen molar-refractivity contribution in [2.45, 2.75) is 26.8 Å². The molecule has 118 valence electrons. The number of nitrogens with zero attached hydrogens (tertiary/aromatic N) is 2. The van der Waals surface area contributed by atoms with Crippen LogP contribution in [0.25, 0.3) is 0 Å². The number of nitrogens with two attached hydrogens (primary N) is 1. The summed E-state index contributed by atoms with van der Waals surface area (Å²) < 4.78 is 7.02. The Morgan fingerprint density at radius 1 is 1.38 bits per heavy atom. The maximum absolute atomic E-state index is 12.1. The molecular formula is C13H22N4O4. The second-order valence-corrected chi connectivity index (χ2v) is 5.20. The Balaban J connectivity index is 3.26. The van der Waals surface area contributed by atoms with Gasteiger partial charge in [-0.1, -0.05) is 13.8 Å². The molecule has 1 aromatic rings. The van der Waals surface area contributed by atoms with E-state index < -0.39 is 17.2 Å². The van der Waals surface area contributed by atoms with E-state index >= 15 is 0 Å². The zero-order valence-corrected chi connectivity index (χ0v) is 12.8. The minimum atomic E-state index is -0.622. The van der Waals surface area contributed by atoms with Gasteiger partial charge in [0.1, 0.15) is 11.5 Å². The molecule has 0 aliphatic heterocycles. The third kappa shape index (κ3) is 3.94. The van der Waals surface area contributed by atoms with Crippen LogP contribution in [0.3, 0.4) is 0 Å². The highest BCUT2D eigenvalue weighted by molar-refractivity contribution is 5.93. The van der Waals surface area contributed by atoms with Crippen LogP contribution in [-0.4, -0.2) is 28.8 Å². The molecule has 0 atom stereocenters. The minimum Gasteiger partial charge on any atom is -0.384 e. The summed E-state index contributed by atoms with van der Waals surface area (Å²) in [5.74, 6) is -0.252. The molecule has 3 N–H and O–H groups in total. The minimum absolute atomic E-state index is 0.0254. The monoisotopic (exact) mass is 298 g/mol. The molecule has 1 rings (SSSR count). The first-order chi connectivity index (χ1) is 9.79. The molecule has 0 spiro atoms. The first-order valence-electron chi connectivity index (χ1n) is 6.67. The molecule has 0 aromatic carbocycles. The standard InChI is InChI=1S/C13H22N4O4/c1-8(2)7-17-11(14)10(12(19)16(3)13(17)20)15-9(18)5-6-21-4/h8H,5-7,14H2,1-4H3,(H,15,18). The molecule has 0 aliphatic carbocycles. The van der Waals surface area contributed by atoms with Crippen molar-refractivity contribution in [3.8, 4) is 0 Å². The molecule has 1 amide bonds. The summed E-state index contributed by atoms with van der Waals surface area (Å²) >= 11 is 0. The molecule has 1 aromatic heterocycles. The van der Waals surface area contributed by atoms with E-state index in [-0.39, 0.29) is 30.5 Å². The number of hydrogen-bond acceptors (Lipinski definition) is 5. The Labute approximate surface area is 122 Å². The van der Waals surface area contributed by atoms with Crippen LogP contribution in [0.15, 0.2) is 9.59 Å². The number of carbonyl (C=O) groups excluding carboxylic acids is 1. The van der Waals surface area contributed by atoms with Crippen LogP contribution < -0.4 is 22.3 Å². The number of ether oxygens (including phenoxy) is 1. The van der Waals surface area contributed by atoms with Crippen LogP contribution in [0.2, 0.25) is 0 Å². The van der Waals surface area contributed by atoms with Gasteiger partial charge in [-0.25, -0.2) is 4.79 Å². The summed E-state index contributed by atoms with van der Waals surface area (Å²) in [4.78, 5) is 35.9. The van der Waals surface area contributed by atoms with E-state index in [1.807, 2.05) is 13.8 Å². The molecule has 0 fully saturated rings. The van der Waals surface area contributed by atoms with E-state index in [0.29, 0.717) is 6.54 Å². The lowest BCUT2D eigenvalue weighted by molar-refractivity contribution is -0.117. The molecule has 21 heavy (non-hydrogen) atoms. The quantitative estimate of drug-likeness (QED) is 0.753. The second kappa shape index (κ2) is 7.07. The van der Waals surface area contributed by atoms with Gasteiger partial charge >= 0.3 is 5.69 Å². The Morgan fingerprint density at radius 3 is 2.52 bits per heavy atom. The van der Waals surface area contributed by atoms with Crippen molar-refractivity contribution in [2.24, 2.45) is 13.0 Å². The zero-order valence-electron chi connectivity index (χ0n) is 12.8. The lowest BCUT2D eigenvalue weighted by atomic mass is 10.2. The van der Waals surface area contributed by atoms with Gasteiger partial charge in [0.05, 0.1) is 13.0 Å². The lowest BCUT2D eigenvalue weighted by Crippen LogP contribution is -2.42. The lowest BCUT2D eigenvalue weighted by Gasteiger charge is -2.16. The SMILES string of the molecule is COCCC(=O)Nc1c(N)n(CC(C)C)c(=O)n(C)c1=O. The van der Waals surface area contributed by atoms with E-state index in [2.05, 4.69) is 5.32 Å². The van der Waals surface area contributed by atoms with E-state index in [0.717, 1.165) is 4.57 Å². The number of aromatic nitrogens is 2. The predicted octanol–water partition coefficient (Wildman–Crippen LogP) is -0.240. The Kier molecular flexibility index (Phi) is 5.71. The fourth-order valence-electron chi connectivity index (χ4n) is 1.84.